The second-order valence-electron chi connectivity index (χ2n) is 15.6. The van der Waals surface area contributed by atoms with Gasteiger partial charge in [0.05, 0.1) is 31.1 Å². The summed E-state index contributed by atoms with van der Waals surface area (Å²) in [4.78, 5) is 100. The fraction of sp³-hybridized carbons (Fsp3) is 0.250. The Morgan fingerprint density at radius 1 is 0.586 bits per heavy atom. The second kappa shape index (κ2) is 13.1. The first-order valence-corrected chi connectivity index (χ1v) is 19.2. The molecule has 1 aromatic heterocycles. The number of fused-ring (bicyclic) bond motifs is 3. The number of anilines is 2. The Hall–Kier alpha value is -6.93. The molecule has 1 N–H and O–H groups in total. The average Bonchev–Trinajstić information content (AvgIpc) is 3.96. The van der Waals surface area contributed by atoms with Crippen LogP contribution in [0.5, 0.6) is 0 Å². The smallest absolute Gasteiger partial charge is 0.332 e. The summed E-state index contributed by atoms with van der Waals surface area (Å²) in [6.07, 6.45) is 2.87. The first-order valence-electron chi connectivity index (χ1n) is 19.2. The number of benzene rings is 4. The van der Waals surface area contributed by atoms with E-state index in [0.29, 0.717) is 27.9 Å². The summed E-state index contributed by atoms with van der Waals surface area (Å²) in [7, 11) is 0. The van der Waals surface area contributed by atoms with Crippen LogP contribution in [0.1, 0.15) is 29.5 Å². The number of carbonyl (C=O) groups is 6. The highest BCUT2D eigenvalue weighted by molar-refractivity contribution is 6.27. The van der Waals surface area contributed by atoms with E-state index in [2.05, 4.69) is 4.98 Å². The van der Waals surface area contributed by atoms with Crippen molar-refractivity contribution in [3.8, 4) is 0 Å². The second-order valence-corrected chi connectivity index (χ2v) is 15.6. The van der Waals surface area contributed by atoms with Crippen molar-refractivity contribution < 1.29 is 33.9 Å². The Labute approximate surface area is 332 Å². The fourth-order valence-corrected chi connectivity index (χ4v) is 9.76. The monoisotopic (exact) mass is 775 g/mol. The molecule has 5 saturated heterocycles. The van der Waals surface area contributed by atoms with E-state index in [1.807, 2.05) is 30.3 Å². The Balaban J connectivity index is 1.03. The summed E-state index contributed by atoms with van der Waals surface area (Å²) in [5.74, 6) is -2.00. The number of aromatic nitrogens is 1. The lowest BCUT2D eigenvalue weighted by atomic mass is 9.92. The maximum atomic E-state index is 15.1. The van der Waals surface area contributed by atoms with Crippen molar-refractivity contribution >= 4 is 57.8 Å². The van der Waals surface area contributed by atoms with Crippen molar-refractivity contribution in [3.63, 3.8) is 0 Å². The zero-order valence-corrected chi connectivity index (χ0v) is 31.2. The number of rotatable bonds is 7. The fourth-order valence-electron chi connectivity index (χ4n) is 9.76. The predicted octanol–water partition coefficient (Wildman–Crippen LogP) is 4.06. The van der Waals surface area contributed by atoms with Crippen LogP contribution in [-0.4, -0.2) is 102 Å². The van der Waals surface area contributed by atoms with E-state index in [4.69, 9.17) is 0 Å². The van der Waals surface area contributed by atoms with Gasteiger partial charge in [-0.1, -0.05) is 78.9 Å². The number of carbonyl (C=O) groups excluding carboxylic acids is 6. The number of hydrogen-bond donors (Lipinski definition) is 1. The Morgan fingerprint density at radius 2 is 1.14 bits per heavy atom. The number of para-hydroxylation sites is 1. The third kappa shape index (κ3) is 4.97. The van der Waals surface area contributed by atoms with Crippen LogP contribution in [0.15, 0.2) is 122 Å². The number of aliphatic hydroxyl groups excluding tert-OH is 1. The van der Waals surface area contributed by atoms with Crippen LogP contribution in [0.25, 0.3) is 10.8 Å². The van der Waals surface area contributed by atoms with Gasteiger partial charge in [0.25, 0.3) is 11.8 Å². The highest BCUT2D eigenvalue weighted by atomic mass is 16.3. The number of piperazine rings is 1. The minimum Gasteiger partial charge on any atom is -0.392 e. The zero-order valence-electron chi connectivity index (χ0n) is 31.2. The molecular formula is C44H37N7O7. The molecular weight excluding hydrogens is 739 g/mol. The van der Waals surface area contributed by atoms with Crippen LogP contribution >= 0.6 is 0 Å². The minimum atomic E-state index is -1.62. The number of imide groups is 2. The molecule has 8 amide bonds. The van der Waals surface area contributed by atoms with Crippen molar-refractivity contribution in [1.82, 2.24) is 24.6 Å². The number of pyridine rings is 1. The molecule has 14 heteroatoms. The summed E-state index contributed by atoms with van der Waals surface area (Å²) in [6, 6.07) is 28.6. The van der Waals surface area contributed by atoms with Gasteiger partial charge in [0.1, 0.15) is 23.2 Å². The van der Waals surface area contributed by atoms with Gasteiger partial charge in [-0.3, -0.25) is 24.2 Å². The van der Waals surface area contributed by atoms with Gasteiger partial charge in [-0.15, -0.1) is 0 Å². The van der Waals surface area contributed by atoms with E-state index in [-0.39, 0.29) is 45.6 Å². The topological polar surface area (TPSA) is 155 Å². The maximum Gasteiger partial charge on any atom is 0.332 e. The molecule has 5 aliphatic rings. The molecule has 0 aliphatic carbocycles. The van der Waals surface area contributed by atoms with Crippen molar-refractivity contribution in [2.24, 2.45) is 0 Å². The molecule has 0 bridgehead atoms. The van der Waals surface area contributed by atoms with Gasteiger partial charge in [0, 0.05) is 43.7 Å². The third-order valence-corrected chi connectivity index (χ3v) is 12.6. The molecule has 4 atom stereocenters. The summed E-state index contributed by atoms with van der Waals surface area (Å²) in [5.41, 5.74) is -0.490. The van der Waals surface area contributed by atoms with Gasteiger partial charge < -0.3 is 24.7 Å². The molecule has 14 nitrogen and oxygen atoms in total. The predicted molar refractivity (Wildman–Crippen MR) is 210 cm³/mol. The van der Waals surface area contributed by atoms with Crippen LogP contribution in [0, 0.1) is 0 Å². The van der Waals surface area contributed by atoms with E-state index < -0.39 is 58.9 Å². The number of amides is 8. The Kier molecular flexibility index (Phi) is 7.99. The third-order valence-electron chi connectivity index (χ3n) is 12.6. The van der Waals surface area contributed by atoms with Gasteiger partial charge in [-0.2, -0.15) is 0 Å². The standard InChI is InChI=1S/C44H37N7O7/c52-25-31-11-5-4-10-30(31)24-49-42(58)51(34-16-8-12-29-9-6-7-15-33(29)34)40(56)44(49)22-36-38(54)46-26-43(21-35(46)37(53)47(36)27-44)39(55)50(32-13-2-1-3-14-32)41(57)48(43)23-28-17-19-45-20-18-28/h1-20,35-36,52H,21-27H2. The van der Waals surface area contributed by atoms with Crippen molar-refractivity contribution in [2.45, 2.75) is 55.7 Å². The molecule has 290 valence electrons. The molecule has 2 spiro atoms. The van der Waals surface area contributed by atoms with Gasteiger partial charge in [0.2, 0.25) is 11.8 Å². The highest BCUT2D eigenvalue weighted by Gasteiger charge is 2.71. The highest BCUT2D eigenvalue weighted by Crippen LogP contribution is 2.49. The number of hydrogen-bond acceptors (Lipinski definition) is 8. The van der Waals surface area contributed by atoms with Crippen molar-refractivity contribution in [1.29, 1.82) is 0 Å². The lowest BCUT2D eigenvalue weighted by molar-refractivity contribution is -0.157. The number of urea groups is 2. The van der Waals surface area contributed by atoms with Gasteiger partial charge >= 0.3 is 12.1 Å². The molecule has 5 fully saturated rings. The van der Waals surface area contributed by atoms with E-state index in [1.54, 1.807) is 91.3 Å². The largest absolute Gasteiger partial charge is 0.392 e. The van der Waals surface area contributed by atoms with Crippen molar-refractivity contribution in [2.75, 3.05) is 22.9 Å². The SMILES string of the molecule is O=C1C2CC3(CN2C(=O)C2CC4(CN12)C(=O)N(c1ccccc1)C(=O)N4Cc1ccncc1)C(=O)N(c1cccc2ccccc12)C(=O)N3Cc1ccccc1CO. The van der Waals surface area contributed by atoms with Gasteiger partial charge in [-0.05, 0) is 52.4 Å². The molecule has 4 unspecified atom stereocenters. The first kappa shape index (κ1) is 35.5. The molecule has 0 radical (unpaired) electrons. The lowest BCUT2D eigenvalue weighted by Gasteiger charge is -2.38. The van der Waals surface area contributed by atoms with Crippen molar-refractivity contribution in [3.05, 3.63) is 138 Å². The average molecular weight is 776 g/mol. The van der Waals surface area contributed by atoms with Crippen LogP contribution in [0.2, 0.25) is 0 Å². The normalized spacial score (nSPS) is 25.4. The molecule has 5 aliphatic heterocycles. The van der Waals surface area contributed by atoms with Crippen LogP contribution in [0.4, 0.5) is 21.0 Å². The zero-order chi connectivity index (χ0) is 39.9. The van der Waals surface area contributed by atoms with Crippen LogP contribution in [0.3, 0.4) is 0 Å². The quantitative estimate of drug-likeness (QED) is 0.243. The van der Waals surface area contributed by atoms with E-state index in [1.165, 1.54) is 19.6 Å². The van der Waals surface area contributed by atoms with E-state index in [9.17, 15) is 29.1 Å². The summed E-state index contributed by atoms with van der Waals surface area (Å²) >= 11 is 0. The molecule has 4 aromatic carbocycles. The number of aliphatic hydroxyl groups is 1. The molecule has 6 heterocycles. The number of nitrogens with zero attached hydrogens (tertiary/aromatic N) is 7. The lowest BCUT2D eigenvalue weighted by Crippen LogP contribution is -2.60. The van der Waals surface area contributed by atoms with Crippen LogP contribution in [-0.2, 0) is 38.9 Å². The summed E-state index contributed by atoms with van der Waals surface area (Å²) in [6.45, 7) is -0.785. The van der Waals surface area contributed by atoms with E-state index in [0.717, 1.165) is 20.7 Å². The van der Waals surface area contributed by atoms with Gasteiger partial charge in [0.15, 0.2) is 0 Å². The van der Waals surface area contributed by atoms with E-state index >= 15 is 4.79 Å². The van der Waals surface area contributed by atoms with Gasteiger partial charge in [-0.25, -0.2) is 19.4 Å². The summed E-state index contributed by atoms with van der Waals surface area (Å²) < 4.78 is 0. The Morgan fingerprint density at radius 3 is 1.81 bits per heavy atom. The minimum absolute atomic E-state index is 0.0422. The maximum absolute atomic E-state index is 15.1. The molecule has 10 rings (SSSR count). The first-order chi connectivity index (χ1) is 28.2. The molecule has 58 heavy (non-hydrogen) atoms. The molecule has 0 saturated carbocycles. The van der Waals surface area contributed by atoms with Crippen LogP contribution < -0.4 is 9.80 Å². The summed E-state index contributed by atoms with van der Waals surface area (Å²) in [5, 5.41) is 11.7. The molecule has 5 aromatic rings. The Bertz CT molecular complexity index is 2530.